The highest BCUT2D eigenvalue weighted by Gasteiger charge is 2.18. The Morgan fingerprint density at radius 3 is 2.83 bits per heavy atom. The Labute approximate surface area is 138 Å². The van der Waals surface area contributed by atoms with Gasteiger partial charge in [0, 0.05) is 12.3 Å². The number of H-pyrrole nitrogens is 1. The van der Waals surface area contributed by atoms with Crippen LogP contribution in [-0.4, -0.2) is 20.1 Å². The molecule has 0 spiro atoms. The monoisotopic (exact) mass is 330 g/mol. The van der Waals surface area contributed by atoms with Crippen molar-refractivity contribution in [2.75, 3.05) is 5.73 Å². The van der Waals surface area contributed by atoms with Crippen LogP contribution < -0.4 is 16.0 Å². The zero-order valence-corrected chi connectivity index (χ0v) is 13.8. The van der Waals surface area contributed by atoms with Gasteiger partial charge in [-0.2, -0.15) is 0 Å². The Bertz CT molecular complexity index is 953. The fraction of sp³-hybridized carbons (Fsp3) is 0.294. The zero-order chi connectivity index (χ0) is 17.5. The Morgan fingerprint density at radius 1 is 1.38 bits per heavy atom. The normalized spacial score (nSPS) is 11.8. The number of hydrogen-bond donors (Lipinski definition) is 2. The van der Waals surface area contributed by atoms with Gasteiger partial charge in [-0.05, 0) is 39.0 Å². The molecule has 2 heterocycles. The molecule has 3 rings (SSSR count). The lowest BCUT2D eigenvalue weighted by Gasteiger charge is -2.21. The van der Waals surface area contributed by atoms with Crippen molar-refractivity contribution in [2.45, 2.75) is 32.9 Å². The van der Waals surface area contributed by atoms with Crippen LogP contribution in [0.25, 0.3) is 11.0 Å². The van der Waals surface area contributed by atoms with Crippen LogP contribution in [0.4, 0.5) is 10.1 Å². The van der Waals surface area contributed by atoms with Crippen LogP contribution in [0.1, 0.15) is 26.6 Å². The highest BCUT2D eigenvalue weighted by molar-refractivity contribution is 5.82. The van der Waals surface area contributed by atoms with E-state index < -0.39 is 11.4 Å². The highest BCUT2D eigenvalue weighted by Crippen LogP contribution is 2.28. The van der Waals surface area contributed by atoms with Crippen LogP contribution in [0.3, 0.4) is 0 Å². The second-order valence-corrected chi connectivity index (χ2v) is 6.59. The molecule has 126 valence electrons. The number of fused-ring (bicyclic) bond motifs is 1. The average molecular weight is 330 g/mol. The Morgan fingerprint density at radius 2 is 2.12 bits per heavy atom. The number of rotatable bonds is 3. The highest BCUT2D eigenvalue weighted by atomic mass is 19.1. The standard InChI is InChI=1S/C17H19FN4O2/c1-17(2,3)24-13-8-10(18)7-12-15(13)21-14(20-12)9-22-6-4-5-11(19)16(22)23/h4-8H,9,19H2,1-3H3,(H,20,21). The van der Waals surface area contributed by atoms with Gasteiger partial charge in [0.05, 0.1) is 17.7 Å². The second-order valence-electron chi connectivity index (χ2n) is 6.59. The van der Waals surface area contributed by atoms with Crippen LogP contribution in [-0.2, 0) is 6.54 Å². The molecular weight excluding hydrogens is 311 g/mol. The summed E-state index contributed by atoms with van der Waals surface area (Å²) in [5.41, 5.74) is 6.06. The summed E-state index contributed by atoms with van der Waals surface area (Å²) in [5.74, 6) is 0.458. The quantitative estimate of drug-likeness (QED) is 0.773. The maximum absolute atomic E-state index is 13.8. The van der Waals surface area contributed by atoms with Crippen LogP contribution >= 0.6 is 0 Å². The van der Waals surface area contributed by atoms with Gasteiger partial charge in [-0.1, -0.05) is 0 Å². The van der Waals surface area contributed by atoms with Crippen molar-refractivity contribution < 1.29 is 9.13 Å². The first-order valence-corrected chi connectivity index (χ1v) is 7.55. The first kappa shape index (κ1) is 16.0. The molecular formula is C17H19FN4O2. The number of aromatic nitrogens is 3. The van der Waals surface area contributed by atoms with Gasteiger partial charge in [0.2, 0.25) is 0 Å². The summed E-state index contributed by atoms with van der Waals surface area (Å²) in [7, 11) is 0. The maximum atomic E-state index is 13.8. The lowest BCUT2D eigenvalue weighted by atomic mass is 10.2. The molecule has 6 nitrogen and oxygen atoms in total. The molecule has 0 radical (unpaired) electrons. The van der Waals surface area contributed by atoms with E-state index in [1.807, 2.05) is 20.8 Å². The van der Waals surface area contributed by atoms with Gasteiger partial charge >= 0.3 is 0 Å². The Kier molecular flexibility index (Phi) is 3.79. The molecule has 3 aromatic rings. The molecule has 0 bridgehead atoms. The van der Waals surface area contributed by atoms with Crippen molar-refractivity contribution >= 4 is 16.7 Å². The summed E-state index contributed by atoms with van der Waals surface area (Å²) in [6.07, 6.45) is 1.62. The summed E-state index contributed by atoms with van der Waals surface area (Å²) in [6.45, 7) is 5.84. The molecule has 1 aromatic carbocycles. The minimum atomic E-state index is -0.481. The van der Waals surface area contributed by atoms with Gasteiger partial charge in [0.1, 0.15) is 22.8 Å². The van der Waals surface area contributed by atoms with Gasteiger partial charge < -0.3 is 20.0 Å². The molecule has 0 amide bonds. The van der Waals surface area contributed by atoms with E-state index >= 15 is 0 Å². The molecule has 0 aliphatic carbocycles. The number of halogens is 1. The fourth-order valence-corrected chi connectivity index (χ4v) is 2.43. The Balaban J connectivity index is 2.03. The third-order valence-corrected chi connectivity index (χ3v) is 3.35. The van der Waals surface area contributed by atoms with E-state index in [1.165, 1.54) is 16.7 Å². The van der Waals surface area contributed by atoms with Gasteiger partial charge in [0.25, 0.3) is 5.56 Å². The van der Waals surface area contributed by atoms with E-state index in [1.54, 1.807) is 18.3 Å². The predicted octanol–water partition coefficient (Wildman–Crippen LogP) is 2.67. The van der Waals surface area contributed by atoms with E-state index in [4.69, 9.17) is 10.5 Å². The predicted molar refractivity (Wildman–Crippen MR) is 90.6 cm³/mol. The number of anilines is 1. The molecule has 0 saturated heterocycles. The third kappa shape index (κ3) is 3.24. The van der Waals surface area contributed by atoms with Gasteiger partial charge in [-0.15, -0.1) is 0 Å². The maximum Gasteiger partial charge on any atom is 0.274 e. The number of aromatic amines is 1. The van der Waals surface area contributed by atoms with Crippen molar-refractivity contribution in [3.05, 3.63) is 52.5 Å². The molecule has 0 aliphatic heterocycles. The van der Waals surface area contributed by atoms with Crippen molar-refractivity contribution in [2.24, 2.45) is 0 Å². The second kappa shape index (κ2) is 5.67. The summed E-state index contributed by atoms with van der Waals surface area (Å²) in [5, 5.41) is 0. The summed E-state index contributed by atoms with van der Waals surface area (Å²) >= 11 is 0. The minimum Gasteiger partial charge on any atom is -0.486 e. The molecule has 7 heteroatoms. The lowest BCUT2D eigenvalue weighted by Crippen LogP contribution is -2.23. The lowest BCUT2D eigenvalue weighted by molar-refractivity contribution is 0.132. The Hall–Kier alpha value is -2.83. The van der Waals surface area contributed by atoms with Crippen LogP contribution in [0.5, 0.6) is 5.75 Å². The van der Waals surface area contributed by atoms with Gasteiger partial charge in [0.15, 0.2) is 5.75 Å². The number of imidazole rings is 1. The first-order valence-electron chi connectivity index (χ1n) is 7.55. The smallest absolute Gasteiger partial charge is 0.274 e. The SMILES string of the molecule is CC(C)(C)Oc1cc(F)cc2[nH]c(Cn3cccc(N)c3=O)nc12. The van der Waals surface area contributed by atoms with E-state index in [2.05, 4.69) is 9.97 Å². The largest absolute Gasteiger partial charge is 0.486 e. The molecule has 0 aliphatic rings. The van der Waals surface area contributed by atoms with Crippen molar-refractivity contribution in [1.82, 2.24) is 14.5 Å². The summed E-state index contributed by atoms with van der Waals surface area (Å²) in [6, 6.07) is 5.89. The molecule has 0 atom stereocenters. The number of nitrogens with two attached hydrogens (primary N) is 1. The van der Waals surface area contributed by atoms with Crippen LogP contribution in [0.2, 0.25) is 0 Å². The molecule has 3 N–H and O–H groups in total. The van der Waals surface area contributed by atoms with E-state index in [0.29, 0.717) is 22.6 Å². The van der Waals surface area contributed by atoms with E-state index in [9.17, 15) is 9.18 Å². The van der Waals surface area contributed by atoms with Crippen molar-refractivity contribution in [3.63, 3.8) is 0 Å². The number of benzene rings is 1. The number of nitrogen functional groups attached to an aromatic ring is 1. The first-order chi connectivity index (χ1) is 11.2. The molecule has 0 fully saturated rings. The van der Waals surface area contributed by atoms with Crippen molar-refractivity contribution in [1.29, 1.82) is 0 Å². The number of nitrogens with one attached hydrogen (secondary N) is 1. The van der Waals surface area contributed by atoms with E-state index in [0.717, 1.165) is 0 Å². The summed E-state index contributed by atoms with van der Waals surface area (Å²) in [4.78, 5) is 19.5. The number of ether oxygens (including phenoxy) is 1. The average Bonchev–Trinajstić information content (AvgIpc) is 2.85. The molecule has 0 unspecified atom stereocenters. The van der Waals surface area contributed by atoms with Crippen LogP contribution in [0.15, 0.2) is 35.3 Å². The number of pyridine rings is 1. The fourth-order valence-electron chi connectivity index (χ4n) is 2.43. The van der Waals surface area contributed by atoms with Crippen LogP contribution in [0, 0.1) is 5.82 Å². The molecule has 0 saturated carbocycles. The van der Waals surface area contributed by atoms with Crippen molar-refractivity contribution in [3.8, 4) is 5.75 Å². The summed E-state index contributed by atoms with van der Waals surface area (Å²) < 4.78 is 21.1. The molecule has 2 aromatic heterocycles. The number of hydrogen-bond acceptors (Lipinski definition) is 4. The van der Waals surface area contributed by atoms with E-state index in [-0.39, 0.29) is 17.8 Å². The molecule has 24 heavy (non-hydrogen) atoms. The van der Waals surface area contributed by atoms with Gasteiger partial charge in [-0.3, -0.25) is 4.79 Å². The zero-order valence-electron chi connectivity index (χ0n) is 13.8. The number of nitrogens with zero attached hydrogens (tertiary/aromatic N) is 2. The topological polar surface area (TPSA) is 85.9 Å². The third-order valence-electron chi connectivity index (χ3n) is 3.35. The van der Waals surface area contributed by atoms with Gasteiger partial charge in [-0.25, -0.2) is 9.37 Å². The minimum absolute atomic E-state index is 0.163.